The molecule has 0 saturated carbocycles. The lowest BCUT2D eigenvalue weighted by atomic mass is 9.89. The fourth-order valence-corrected chi connectivity index (χ4v) is 2.54. The van der Waals surface area contributed by atoms with Crippen molar-refractivity contribution >= 4 is 0 Å². The Morgan fingerprint density at radius 3 is 2.78 bits per heavy atom. The van der Waals surface area contributed by atoms with Crippen molar-refractivity contribution in [1.82, 2.24) is 0 Å². The zero-order valence-electron chi connectivity index (χ0n) is 11.1. The van der Waals surface area contributed by atoms with Crippen LogP contribution in [0.1, 0.15) is 37.8 Å². The molecule has 1 unspecified atom stereocenters. The summed E-state index contributed by atoms with van der Waals surface area (Å²) < 4.78 is 11.0. The van der Waals surface area contributed by atoms with Crippen LogP contribution in [-0.4, -0.2) is 19.8 Å². The summed E-state index contributed by atoms with van der Waals surface area (Å²) in [6, 6.07) is 8.17. The summed E-state index contributed by atoms with van der Waals surface area (Å²) in [5.74, 6) is 1.61. The molecule has 1 aliphatic heterocycles. The van der Waals surface area contributed by atoms with E-state index in [2.05, 4.69) is 6.07 Å². The second-order valence-electron chi connectivity index (χ2n) is 4.87. The lowest BCUT2D eigenvalue weighted by Crippen LogP contribution is -2.22. The molecule has 3 nitrogen and oxygen atoms in total. The molecule has 2 N–H and O–H groups in total. The number of para-hydroxylation sites is 1. The van der Waals surface area contributed by atoms with Crippen LogP contribution in [0.2, 0.25) is 0 Å². The van der Waals surface area contributed by atoms with Crippen LogP contribution >= 0.6 is 0 Å². The lowest BCUT2D eigenvalue weighted by Gasteiger charge is -2.25. The SMILES string of the molecule is CCOc1ccccc1C(N)CC1CCOCC1. The molecule has 0 bridgehead atoms. The summed E-state index contributed by atoms with van der Waals surface area (Å²) in [6.07, 6.45) is 3.28. The first-order chi connectivity index (χ1) is 8.81. The van der Waals surface area contributed by atoms with Gasteiger partial charge in [-0.2, -0.15) is 0 Å². The molecule has 1 heterocycles. The fourth-order valence-electron chi connectivity index (χ4n) is 2.54. The lowest BCUT2D eigenvalue weighted by molar-refractivity contribution is 0.0617. The minimum atomic E-state index is 0.0656. The molecule has 3 heteroatoms. The van der Waals surface area contributed by atoms with Gasteiger partial charge in [0.2, 0.25) is 0 Å². The summed E-state index contributed by atoms with van der Waals surface area (Å²) in [5, 5.41) is 0. The molecule has 1 saturated heterocycles. The Balaban J connectivity index is 2.00. The van der Waals surface area contributed by atoms with Crippen molar-refractivity contribution in [2.24, 2.45) is 11.7 Å². The van der Waals surface area contributed by atoms with Gasteiger partial charge in [-0.1, -0.05) is 18.2 Å². The normalized spacial score (nSPS) is 18.6. The van der Waals surface area contributed by atoms with Gasteiger partial charge in [0, 0.05) is 24.8 Å². The number of hydrogen-bond acceptors (Lipinski definition) is 3. The van der Waals surface area contributed by atoms with E-state index in [-0.39, 0.29) is 6.04 Å². The molecular formula is C15H23NO2. The average molecular weight is 249 g/mol. The topological polar surface area (TPSA) is 44.5 Å². The van der Waals surface area contributed by atoms with Crippen LogP contribution in [0.3, 0.4) is 0 Å². The highest BCUT2D eigenvalue weighted by molar-refractivity contribution is 5.35. The molecule has 1 atom stereocenters. The van der Waals surface area contributed by atoms with Crippen molar-refractivity contribution < 1.29 is 9.47 Å². The summed E-state index contributed by atoms with van der Waals surface area (Å²) >= 11 is 0. The van der Waals surface area contributed by atoms with Gasteiger partial charge in [0.15, 0.2) is 0 Å². The van der Waals surface area contributed by atoms with Crippen LogP contribution in [0.15, 0.2) is 24.3 Å². The molecule has 1 fully saturated rings. The summed E-state index contributed by atoms with van der Waals surface area (Å²) in [5.41, 5.74) is 7.47. The first-order valence-corrected chi connectivity index (χ1v) is 6.86. The Hall–Kier alpha value is -1.06. The van der Waals surface area contributed by atoms with Gasteiger partial charge in [-0.15, -0.1) is 0 Å². The first-order valence-electron chi connectivity index (χ1n) is 6.86. The van der Waals surface area contributed by atoms with Gasteiger partial charge in [0.1, 0.15) is 5.75 Å². The number of ether oxygens (including phenoxy) is 2. The standard InChI is InChI=1S/C15H23NO2/c1-2-18-15-6-4-3-5-13(15)14(16)11-12-7-9-17-10-8-12/h3-6,12,14H,2,7-11,16H2,1H3. The Bertz CT molecular complexity index is 361. The highest BCUT2D eigenvalue weighted by atomic mass is 16.5. The monoisotopic (exact) mass is 249 g/mol. The van der Waals surface area contributed by atoms with Gasteiger partial charge in [-0.3, -0.25) is 0 Å². The predicted molar refractivity (Wildman–Crippen MR) is 72.7 cm³/mol. The Morgan fingerprint density at radius 2 is 2.06 bits per heavy atom. The van der Waals surface area contributed by atoms with Crippen molar-refractivity contribution in [3.8, 4) is 5.75 Å². The molecular weight excluding hydrogens is 226 g/mol. The molecule has 100 valence electrons. The second kappa shape index (κ2) is 6.76. The van der Waals surface area contributed by atoms with Crippen molar-refractivity contribution in [2.75, 3.05) is 19.8 Å². The summed E-state index contributed by atoms with van der Waals surface area (Å²) in [7, 11) is 0. The molecule has 1 aromatic rings. The number of nitrogens with two attached hydrogens (primary N) is 1. The predicted octanol–water partition coefficient (Wildman–Crippen LogP) is 2.90. The second-order valence-corrected chi connectivity index (χ2v) is 4.87. The van der Waals surface area contributed by atoms with E-state index >= 15 is 0 Å². The van der Waals surface area contributed by atoms with E-state index in [9.17, 15) is 0 Å². The van der Waals surface area contributed by atoms with E-state index in [1.54, 1.807) is 0 Å². The smallest absolute Gasteiger partial charge is 0.124 e. The van der Waals surface area contributed by atoms with E-state index < -0.39 is 0 Å². The third kappa shape index (κ3) is 3.47. The molecule has 0 spiro atoms. The van der Waals surface area contributed by atoms with Gasteiger partial charge in [-0.25, -0.2) is 0 Å². The zero-order chi connectivity index (χ0) is 12.8. The fraction of sp³-hybridized carbons (Fsp3) is 0.600. The highest BCUT2D eigenvalue weighted by Gasteiger charge is 2.19. The molecule has 1 aromatic carbocycles. The third-order valence-corrected chi connectivity index (χ3v) is 3.55. The number of rotatable bonds is 5. The molecule has 0 aromatic heterocycles. The van der Waals surface area contributed by atoms with Crippen LogP contribution in [0.25, 0.3) is 0 Å². The van der Waals surface area contributed by atoms with Crippen molar-refractivity contribution in [1.29, 1.82) is 0 Å². The average Bonchev–Trinajstić information content (AvgIpc) is 2.41. The van der Waals surface area contributed by atoms with Gasteiger partial charge in [0.25, 0.3) is 0 Å². The minimum absolute atomic E-state index is 0.0656. The highest BCUT2D eigenvalue weighted by Crippen LogP contribution is 2.30. The van der Waals surface area contributed by atoms with Crippen molar-refractivity contribution in [2.45, 2.75) is 32.2 Å². The van der Waals surface area contributed by atoms with Gasteiger partial charge >= 0.3 is 0 Å². The molecule has 2 rings (SSSR count). The first kappa shape index (κ1) is 13.4. The van der Waals surface area contributed by atoms with Gasteiger partial charge in [-0.05, 0) is 38.2 Å². The van der Waals surface area contributed by atoms with Crippen LogP contribution in [-0.2, 0) is 4.74 Å². The Kier molecular flexibility index (Phi) is 5.02. The van der Waals surface area contributed by atoms with Crippen molar-refractivity contribution in [3.63, 3.8) is 0 Å². The maximum Gasteiger partial charge on any atom is 0.124 e. The van der Waals surface area contributed by atoms with Gasteiger partial charge in [0.05, 0.1) is 6.61 Å². The molecule has 0 aliphatic carbocycles. The van der Waals surface area contributed by atoms with Crippen LogP contribution in [0.4, 0.5) is 0 Å². The molecule has 0 radical (unpaired) electrons. The zero-order valence-corrected chi connectivity index (χ0v) is 11.1. The molecule has 1 aliphatic rings. The van der Waals surface area contributed by atoms with E-state index in [1.807, 2.05) is 25.1 Å². The Morgan fingerprint density at radius 1 is 1.33 bits per heavy atom. The third-order valence-electron chi connectivity index (χ3n) is 3.55. The number of benzene rings is 1. The van der Waals surface area contributed by atoms with Gasteiger partial charge < -0.3 is 15.2 Å². The Labute approximate surface area is 109 Å². The van der Waals surface area contributed by atoms with E-state index in [4.69, 9.17) is 15.2 Å². The van der Waals surface area contributed by atoms with Crippen LogP contribution in [0, 0.1) is 5.92 Å². The van der Waals surface area contributed by atoms with Crippen LogP contribution in [0.5, 0.6) is 5.75 Å². The van der Waals surface area contributed by atoms with E-state index in [0.29, 0.717) is 12.5 Å². The van der Waals surface area contributed by atoms with E-state index in [1.165, 1.54) is 0 Å². The van der Waals surface area contributed by atoms with Crippen molar-refractivity contribution in [3.05, 3.63) is 29.8 Å². The quantitative estimate of drug-likeness (QED) is 0.872. The molecule has 18 heavy (non-hydrogen) atoms. The van der Waals surface area contributed by atoms with E-state index in [0.717, 1.165) is 43.8 Å². The maximum atomic E-state index is 6.34. The summed E-state index contributed by atoms with van der Waals surface area (Å²) in [4.78, 5) is 0. The number of hydrogen-bond donors (Lipinski definition) is 1. The largest absolute Gasteiger partial charge is 0.494 e. The van der Waals surface area contributed by atoms with Crippen LogP contribution < -0.4 is 10.5 Å². The summed E-state index contributed by atoms with van der Waals surface area (Å²) in [6.45, 7) is 4.44. The molecule has 0 amide bonds. The minimum Gasteiger partial charge on any atom is -0.494 e. The maximum absolute atomic E-state index is 6.34.